The number of aliphatic hydroxyl groups excluding tert-OH is 1. The van der Waals surface area contributed by atoms with Crippen LogP contribution in [0.4, 0.5) is 0 Å². The molecule has 3 aromatic rings. The number of fused-ring (bicyclic) bond motifs is 1. The van der Waals surface area contributed by atoms with Gasteiger partial charge in [-0.05, 0) is 71.5 Å². The largest absolute Gasteiger partial charge is 0.497 e. The Kier molecular flexibility index (Phi) is 6.73. The summed E-state index contributed by atoms with van der Waals surface area (Å²) in [6.07, 6.45) is 1.25. The summed E-state index contributed by atoms with van der Waals surface area (Å²) in [7, 11) is 1.62. The summed E-state index contributed by atoms with van der Waals surface area (Å²) in [6, 6.07) is 20.4. The third-order valence-electron chi connectivity index (χ3n) is 5.77. The summed E-state index contributed by atoms with van der Waals surface area (Å²) in [5, 5.41) is 22.7. The quantitative estimate of drug-likeness (QED) is 0.496. The fraction of sp³-hybridized carbons (Fsp3) is 0.269. The second-order valence-corrected chi connectivity index (χ2v) is 7.93. The van der Waals surface area contributed by atoms with E-state index in [9.17, 15) is 9.90 Å². The SMILES string of the molecule is COc1ccc(C(O)CNC[C@H]2CCc3cc(-c4ccc(C(=O)O)cc4)ccc3O2)cc1. The number of hydrogen-bond donors (Lipinski definition) is 3. The maximum atomic E-state index is 11.0. The molecule has 0 radical (unpaired) electrons. The summed E-state index contributed by atoms with van der Waals surface area (Å²) in [4.78, 5) is 11.0. The van der Waals surface area contributed by atoms with Gasteiger partial charge in [0.05, 0.1) is 18.8 Å². The zero-order valence-electron chi connectivity index (χ0n) is 18.0. The van der Waals surface area contributed by atoms with Crippen molar-refractivity contribution >= 4 is 5.97 Å². The average Bonchev–Trinajstić information content (AvgIpc) is 2.83. The molecule has 0 spiro atoms. The van der Waals surface area contributed by atoms with Gasteiger partial charge < -0.3 is 25.0 Å². The van der Waals surface area contributed by atoms with Gasteiger partial charge in [-0.25, -0.2) is 4.79 Å². The average molecular weight is 434 g/mol. The molecule has 0 aliphatic carbocycles. The highest BCUT2D eigenvalue weighted by atomic mass is 16.5. The summed E-state index contributed by atoms with van der Waals surface area (Å²) >= 11 is 0. The van der Waals surface area contributed by atoms with Gasteiger partial charge in [-0.1, -0.05) is 30.3 Å². The molecule has 4 rings (SSSR count). The standard InChI is InChI=1S/C26H27NO5/c1-31-22-10-6-18(7-11-22)24(28)16-27-15-23-12-8-21-14-20(9-13-25(21)32-23)17-2-4-19(5-3-17)26(29)30/h2-7,9-11,13-14,23-24,27-28H,8,12,15-16H2,1H3,(H,29,30)/t23-,24?/m1/s1. The second-order valence-electron chi connectivity index (χ2n) is 7.93. The molecule has 32 heavy (non-hydrogen) atoms. The predicted molar refractivity (Wildman–Crippen MR) is 122 cm³/mol. The molecule has 0 aromatic heterocycles. The second kappa shape index (κ2) is 9.85. The smallest absolute Gasteiger partial charge is 0.335 e. The van der Waals surface area contributed by atoms with Crippen LogP contribution in [0.1, 0.15) is 34.0 Å². The number of hydrogen-bond acceptors (Lipinski definition) is 5. The van der Waals surface area contributed by atoms with Crippen LogP contribution in [0.2, 0.25) is 0 Å². The van der Waals surface area contributed by atoms with E-state index in [0.717, 1.165) is 46.6 Å². The van der Waals surface area contributed by atoms with Gasteiger partial charge in [-0.2, -0.15) is 0 Å². The van der Waals surface area contributed by atoms with E-state index in [0.29, 0.717) is 13.1 Å². The minimum atomic E-state index is -0.924. The number of carbonyl (C=O) groups is 1. The topological polar surface area (TPSA) is 88.0 Å². The number of aryl methyl sites for hydroxylation is 1. The third-order valence-corrected chi connectivity index (χ3v) is 5.77. The lowest BCUT2D eigenvalue weighted by molar-refractivity contribution is 0.0697. The summed E-state index contributed by atoms with van der Waals surface area (Å²) in [5.41, 5.74) is 4.30. The highest BCUT2D eigenvalue weighted by molar-refractivity contribution is 5.88. The lowest BCUT2D eigenvalue weighted by Crippen LogP contribution is -2.36. The molecule has 0 bridgehead atoms. The molecule has 0 fully saturated rings. The van der Waals surface area contributed by atoms with E-state index in [-0.39, 0.29) is 11.7 Å². The number of benzene rings is 3. The first-order chi connectivity index (χ1) is 15.5. The van der Waals surface area contributed by atoms with Crippen molar-refractivity contribution in [2.75, 3.05) is 20.2 Å². The highest BCUT2D eigenvalue weighted by Crippen LogP contribution is 2.32. The van der Waals surface area contributed by atoms with Gasteiger partial charge in [0.25, 0.3) is 0 Å². The maximum Gasteiger partial charge on any atom is 0.335 e. The van der Waals surface area contributed by atoms with Crippen molar-refractivity contribution in [1.82, 2.24) is 5.32 Å². The number of carboxylic acid groups (broad SMARTS) is 1. The maximum absolute atomic E-state index is 11.0. The van der Waals surface area contributed by atoms with Crippen molar-refractivity contribution in [1.29, 1.82) is 0 Å². The Bertz CT molecular complexity index is 1060. The van der Waals surface area contributed by atoms with Crippen molar-refractivity contribution in [3.8, 4) is 22.6 Å². The molecule has 6 heteroatoms. The van der Waals surface area contributed by atoms with Gasteiger partial charge in [-0.3, -0.25) is 0 Å². The molecule has 1 aliphatic heterocycles. The number of aliphatic hydroxyl groups is 1. The molecule has 1 unspecified atom stereocenters. The fourth-order valence-electron chi connectivity index (χ4n) is 3.90. The molecular formula is C26H27NO5. The molecule has 3 aromatic carbocycles. The Hall–Kier alpha value is -3.35. The van der Waals surface area contributed by atoms with E-state index in [2.05, 4.69) is 11.4 Å². The van der Waals surface area contributed by atoms with Crippen LogP contribution in [0.15, 0.2) is 66.7 Å². The van der Waals surface area contributed by atoms with E-state index in [1.165, 1.54) is 0 Å². The van der Waals surface area contributed by atoms with Crippen molar-refractivity contribution in [2.45, 2.75) is 25.0 Å². The molecule has 1 heterocycles. The van der Waals surface area contributed by atoms with Crippen LogP contribution < -0.4 is 14.8 Å². The van der Waals surface area contributed by atoms with Crippen molar-refractivity contribution in [2.24, 2.45) is 0 Å². The minimum Gasteiger partial charge on any atom is -0.497 e. The molecule has 0 amide bonds. The van der Waals surface area contributed by atoms with Crippen LogP contribution in [0.25, 0.3) is 11.1 Å². The third kappa shape index (κ3) is 5.10. The molecule has 2 atom stereocenters. The molecule has 6 nitrogen and oxygen atoms in total. The number of nitrogens with one attached hydrogen (secondary N) is 1. The van der Waals surface area contributed by atoms with Gasteiger partial charge in [0.1, 0.15) is 17.6 Å². The predicted octanol–water partition coefficient (Wildman–Crippen LogP) is 4.08. The van der Waals surface area contributed by atoms with Crippen LogP contribution in [-0.4, -0.2) is 42.5 Å². The Morgan fingerprint density at radius 2 is 1.81 bits per heavy atom. The summed E-state index contributed by atoms with van der Waals surface area (Å²) in [6.45, 7) is 1.11. The monoisotopic (exact) mass is 433 g/mol. The Morgan fingerprint density at radius 3 is 2.50 bits per heavy atom. The van der Waals surface area contributed by atoms with E-state index < -0.39 is 12.1 Å². The van der Waals surface area contributed by atoms with E-state index in [4.69, 9.17) is 14.6 Å². The molecule has 0 saturated carbocycles. The van der Waals surface area contributed by atoms with E-state index in [1.54, 1.807) is 19.2 Å². The van der Waals surface area contributed by atoms with Crippen molar-refractivity contribution < 1.29 is 24.5 Å². The van der Waals surface area contributed by atoms with Crippen LogP contribution in [0.5, 0.6) is 11.5 Å². The lowest BCUT2D eigenvalue weighted by Gasteiger charge is -2.27. The van der Waals surface area contributed by atoms with Crippen LogP contribution in [0, 0.1) is 0 Å². The van der Waals surface area contributed by atoms with Crippen molar-refractivity contribution in [3.05, 3.63) is 83.4 Å². The van der Waals surface area contributed by atoms with Crippen LogP contribution >= 0.6 is 0 Å². The van der Waals surface area contributed by atoms with Gasteiger partial charge in [0.15, 0.2) is 0 Å². The number of rotatable bonds is 8. The normalized spacial score (nSPS) is 16.0. The van der Waals surface area contributed by atoms with Crippen molar-refractivity contribution in [3.63, 3.8) is 0 Å². The van der Waals surface area contributed by atoms with E-state index in [1.807, 2.05) is 48.5 Å². The Balaban J connectivity index is 1.31. The zero-order valence-corrected chi connectivity index (χ0v) is 18.0. The number of carboxylic acids is 1. The summed E-state index contributed by atoms with van der Waals surface area (Å²) in [5.74, 6) is 0.722. The van der Waals surface area contributed by atoms with Gasteiger partial charge in [0, 0.05) is 13.1 Å². The molecule has 3 N–H and O–H groups in total. The number of ether oxygens (including phenoxy) is 2. The van der Waals surface area contributed by atoms with Crippen LogP contribution in [-0.2, 0) is 6.42 Å². The van der Waals surface area contributed by atoms with E-state index >= 15 is 0 Å². The fourth-order valence-corrected chi connectivity index (χ4v) is 3.90. The number of aromatic carboxylic acids is 1. The molecule has 0 saturated heterocycles. The zero-order chi connectivity index (χ0) is 22.5. The van der Waals surface area contributed by atoms with Gasteiger partial charge >= 0.3 is 5.97 Å². The molecule has 1 aliphatic rings. The first kappa shape index (κ1) is 21.9. The minimum absolute atomic E-state index is 0.0475. The molecule has 166 valence electrons. The molecular weight excluding hydrogens is 406 g/mol. The first-order valence-electron chi connectivity index (χ1n) is 10.7. The summed E-state index contributed by atoms with van der Waals surface area (Å²) < 4.78 is 11.3. The van der Waals surface area contributed by atoms with Gasteiger partial charge in [-0.15, -0.1) is 0 Å². The number of methoxy groups -OCH3 is 1. The Morgan fingerprint density at radius 1 is 1.09 bits per heavy atom. The first-order valence-corrected chi connectivity index (χ1v) is 10.7. The van der Waals surface area contributed by atoms with Gasteiger partial charge in [0.2, 0.25) is 0 Å². The van der Waals surface area contributed by atoms with Crippen LogP contribution in [0.3, 0.4) is 0 Å². The Labute approximate surface area is 187 Å². The lowest BCUT2D eigenvalue weighted by atomic mass is 9.96. The highest BCUT2D eigenvalue weighted by Gasteiger charge is 2.20.